The molecule has 2 N–H and O–H groups in total. The number of ether oxygens (including phenoxy) is 1. The first-order valence-corrected chi connectivity index (χ1v) is 11.9. The quantitative estimate of drug-likeness (QED) is 0.300. The molecule has 5 nitrogen and oxygen atoms in total. The summed E-state index contributed by atoms with van der Waals surface area (Å²) in [6.07, 6.45) is -0.608. The van der Waals surface area contributed by atoms with Gasteiger partial charge in [0.25, 0.3) is 0 Å². The number of rotatable bonds is 9. The number of nitriles is 1. The summed E-state index contributed by atoms with van der Waals surface area (Å²) in [7, 11) is 1.63. The monoisotopic (exact) mass is 467 g/mol. The molecule has 1 atom stereocenters. The number of benzene rings is 3. The van der Waals surface area contributed by atoms with Crippen LogP contribution in [0, 0.1) is 11.3 Å². The molecule has 4 aromatic rings. The Morgan fingerprint density at radius 2 is 1.65 bits per heavy atom. The predicted molar refractivity (Wildman–Crippen MR) is 138 cm³/mol. The van der Waals surface area contributed by atoms with E-state index in [4.69, 9.17) is 9.72 Å². The van der Waals surface area contributed by atoms with Crippen molar-refractivity contribution in [3.63, 3.8) is 0 Å². The average molecular weight is 468 g/mol. The van der Waals surface area contributed by atoms with Gasteiger partial charge in [0, 0.05) is 29.1 Å². The van der Waals surface area contributed by atoms with E-state index in [-0.39, 0.29) is 0 Å². The second kappa shape index (κ2) is 11.4. The van der Waals surface area contributed by atoms with Crippen LogP contribution in [-0.4, -0.2) is 35.6 Å². The fourth-order valence-corrected chi connectivity index (χ4v) is 4.45. The van der Waals surface area contributed by atoms with Gasteiger partial charge in [0.15, 0.2) is 0 Å². The molecular formula is C28H25N3O2S. The summed E-state index contributed by atoms with van der Waals surface area (Å²) in [6.45, 7) is 0.405. The van der Waals surface area contributed by atoms with E-state index in [0.717, 1.165) is 33.8 Å². The summed E-state index contributed by atoms with van der Waals surface area (Å²) in [5, 5.41) is 24.4. The van der Waals surface area contributed by atoms with Gasteiger partial charge in [-0.3, -0.25) is 0 Å². The van der Waals surface area contributed by atoms with Crippen LogP contribution in [-0.2, 0) is 0 Å². The van der Waals surface area contributed by atoms with Gasteiger partial charge in [-0.2, -0.15) is 5.26 Å². The van der Waals surface area contributed by atoms with Crippen molar-refractivity contribution in [1.29, 1.82) is 5.26 Å². The van der Waals surface area contributed by atoms with Crippen LogP contribution in [0.25, 0.3) is 22.4 Å². The Bertz CT molecular complexity index is 1260. The van der Waals surface area contributed by atoms with Gasteiger partial charge in [0.1, 0.15) is 16.8 Å². The van der Waals surface area contributed by atoms with E-state index < -0.39 is 6.10 Å². The molecule has 0 radical (unpaired) electrons. The van der Waals surface area contributed by atoms with Crippen LogP contribution in [0.3, 0.4) is 0 Å². The first-order valence-electron chi connectivity index (χ1n) is 10.9. The molecular weight excluding hydrogens is 442 g/mol. The second-order valence-electron chi connectivity index (χ2n) is 7.65. The van der Waals surface area contributed by atoms with Crippen LogP contribution in [0.1, 0.15) is 5.56 Å². The van der Waals surface area contributed by atoms with Crippen molar-refractivity contribution in [2.24, 2.45) is 0 Å². The Morgan fingerprint density at radius 3 is 2.29 bits per heavy atom. The summed E-state index contributed by atoms with van der Waals surface area (Å²) in [5.41, 5.74) is 4.93. The third kappa shape index (κ3) is 5.76. The molecule has 3 aromatic carbocycles. The Labute approximate surface area is 204 Å². The minimum absolute atomic E-state index is 0.405. The number of methoxy groups -OCH3 is 1. The van der Waals surface area contributed by atoms with Crippen molar-refractivity contribution in [2.45, 2.75) is 11.1 Å². The summed E-state index contributed by atoms with van der Waals surface area (Å²) in [6, 6.07) is 31.6. The Balaban J connectivity index is 1.62. The van der Waals surface area contributed by atoms with Crippen molar-refractivity contribution in [2.75, 3.05) is 24.7 Å². The van der Waals surface area contributed by atoms with Crippen LogP contribution in [0.5, 0.6) is 5.75 Å². The molecule has 4 rings (SSSR count). The van der Waals surface area contributed by atoms with E-state index in [1.807, 2.05) is 91.0 Å². The van der Waals surface area contributed by atoms with Crippen molar-refractivity contribution in [3.05, 3.63) is 96.6 Å². The zero-order chi connectivity index (χ0) is 23.8. The molecule has 170 valence electrons. The molecule has 34 heavy (non-hydrogen) atoms. The number of aliphatic hydroxyl groups excluding tert-OH is 1. The fourth-order valence-electron chi connectivity index (χ4n) is 3.51. The molecule has 1 aromatic heterocycles. The molecule has 0 amide bonds. The number of anilines is 1. The van der Waals surface area contributed by atoms with Gasteiger partial charge in [-0.25, -0.2) is 4.98 Å². The molecule has 0 fully saturated rings. The maximum absolute atomic E-state index is 10.6. The van der Waals surface area contributed by atoms with E-state index in [0.29, 0.717) is 22.9 Å². The number of pyridine rings is 1. The third-order valence-corrected chi connectivity index (χ3v) is 6.42. The number of hydrogen-bond donors (Lipinski definition) is 2. The molecule has 0 bridgehead atoms. The highest BCUT2D eigenvalue weighted by molar-refractivity contribution is 7.99. The van der Waals surface area contributed by atoms with Crippen molar-refractivity contribution in [1.82, 2.24) is 4.98 Å². The first kappa shape index (κ1) is 23.4. The molecule has 6 heteroatoms. The molecule has 1 heterocycles. The number of aromatic nitrogens is 1. The third-order valence-electron chi connectivity index (χ3n) is 5.30. The number of hydrogen-bond acceptors (Lipinski definition) is 6. The van der Waals surface area contributed by atoms with Gasteiger partial charge < -0.3 is 15.2 Å². The predicted octanol–water partition coefficient (Wildman–Crippen LogP) is 5.86. The highest BCUT2D eigenvalue weighted by Gasteiger charge is 2.17. The summed E-state index contributed by atoms with van der Waals surface area (Å²) >= 11 is 1.39. The normalized spacial score (nSPS) is 11.4. The molecule has 0 saturated heterocycles. The van der Waals surface area contributed by atoms with Crippen LogP contribution >= 0.6 is 11.8 Å². The van der Waals surface area contributed by atoms with Gasteiger partial charge in [0.05, 0.1) is 24.5 Å². The van der Waals surface area contributed by atoms with Gasteiger partial charge in [-0.1, -0.05) is 48.5 Å². The topological polar surface area (TPSA) is 78.2 Å². The van der Waals surface area contributed by atoms with E-state index in [1.54, 1.807) is 7.11 Å². The minimum Gasteiger partial charge on any atom is -0.497 e. The summed E-state index contributed by atoms with van der Waals surface area (Å²) in [5.74, 6) is 1.17. The Hall–Kier alpha value is -3.79. The lowest BCUT2D eigenvalue weighted by Crippen LogP contribution is -2.21. The maximum Gasteiger partial charge on any atom is 0.118 e. The van der Waals surface area contributed by atoms with Crippen LogP contribution < -0.4 is 10.1 Å². The maximum atomic E-state index is 10.6. The molecule has 0 aliphatic heterocycles. The van der Waals surface area contributed by atoms with Crippen molar-refractivity contribution in [3.8, 4) is 34.2 Å². The fraction of sp³-hybridized carbons (Fsp3) is 0.143. The van der Waals surface area contributed by atoms with Crippen molar-refractivity contribution >= 4 is 17.4 Å². The molecule has 0 aliphatic carbocycles. The standard InChI is InChI=1S/C28H25N3O2S/c1-33-24-14-12-21(13-15-24)27-16-25(20-8-4-2-5-9-20)26(17-29)28(31-27)34-19-23(32)18-30-22-10-6-3-7-11-22/h2-16,23,30,32H,18-19H2,1H3. The molecule has 1 unspecified atom stereocenters. The smallest absolute Gasteiger partial charge is 0.118 e. The van der Waals surface area contributed by atoms with Crippen LogP contribution in [0.15, 0.2) is 96.0 Å². The first-order chi connectivity index (χ1) is 16.7. The number of aliphatic hydroxyl groups is 1. The zero-order valence-electron chi connectivity index (χ0n) is 18.8. The summed E-state index contributed by atoms with van der Waals surface area (Å²) in [4.78, 5) is 4.81. The lowest BCUT2D eigenvalue weighted by atomic mass is 9.99. The van der Waals surface area contributed by atoms with E-state index in [9.17, 15) is 10.4 Å². The zero-order valence-corrected chi connectivity index (χ0v) is 19.6. The average Bonchev–Trinajstić information content (AvgIpc) is 2.91. The minimum atomic E-state index is -0.608. The highest BCUT2D eigenvalue weighted by atomic mass is 32.2. The lowest BCUT2D eigenvalue weighted by molar-refractivity contribution is 0.213. The summed E-state index contributed by atoms with van der Waals surface area (Å²) < 4.78 is 5.28. The van der Waals surface area contributed by atoms with Gasteiger partial charge in [-0.05, 0) is 48.0 Å². The van der Waals surface area contributed by atoms with Gasteiger partial charge in [-0.15, -0.1) is 11.8 Å². The Kier molecular flexibility index (Phi) is 7.82. The van der Waals surface area contributed by atoms with E-state index in [1.165, 1.54) is 11.8 Å². The molecule has 0 saturated carbocycles. The van der Waals surface area contributed by atoms with E-state index >= 15 is 0 Å². The second-order valence-corrected chi connectivity index (χ2v) is 8.66. The number of nitrogens with one attached hydrogen (secondary N) is 1. The van der Waals surface area contributed by atoms with Gasteiger partial charge >= 0.3 is 0 Å². The van der Waals surface area contributed by atoms with Crippen molar-refractivity contribution < 1.29 is 9.84 Å². The molecule has 0 spiro atoms. The van der Waals surface area contributed by atoms with Crippen LogP contribution in [0.2, 0.25) is 0 Å². The van der Waals surface area contributed by atoms with Crippen LogP contribution in [0.4, 0.5) is 5.69 Å². The lowest BCUT2D eigenvalue weighted by Gasteiger charge is -2.15. The SMILES string of the molecule is COc1ccc(-c2cc(-c3ccccc3)c(C#N)c(SCC(O)CNc3ccccc3)n2)cc1. The van der Waals surface area contributed by atoms with E-state index in [2.05, 4.69) is 11.4 Å². The Morgan fingerprint density at radius 1 is 0.971 bits per heavy atom. The number of thioether (sulfide) groups is 1. The number of nitrogens with zero attached hydrogens (tertiary/aromatic N) is 2. The molecule has 0 aliphatic rings. The van der Waals surface area contributed by atoms with Gasteiger partial charge in [0.2, 0.25) is 0 Å². The number of para-hydroxylation sites is 1. The largest absolute Gasteiger partial charge is 0.497 e. The highest BCUT2D eigenvalue weighted by Crippen LogP contribution is 2.34.